The van der Waals surface area contributed by atoms with Crippen molar-refractivity contribution in [3.05, 3.63) is 81.2 Å². The number of benzene rings is 3. The Morgan fingerprint density at radius 1 is 0.714 bits per heavy atom. The molecule has 3 rings (SSSR count). The third kappa shape index (κ3) is 3.01. The molecule has 0 heterocycles. The number of hydrogen-bond donors (Lipinski definition) is 0. The molecule has 0 aliphatic heterocycles. The molecule has 0 radical (unpaired) electrons. The van der Waals surface area contributed by atoms with E-state index >= 15 is 0 Å². The summed E-state index contributed by atoms with van der Waals surface area (Å²) in [4.78, 5) is 0. The molecule has 3 heteroatoms. The summed E-state index contributed by atoms with van der Waals surface area (Å²) in [6.45, 7) is 0. The molecule has 3 aromatic rings. The maximum Gasteiger partial charge on any atom is 0.0499 e. The van der Waals surface area contributed by atoms with Crippen LogP contribution in [0.15, 0.2) is 71.2 Å². The summed E-state index contributed by atoms with van der Waals surface area (Å²) in [7, 11) is 0. The van der Waals surface area contributed by atoms with Crippen molar-refractivity contribution in [3.8, 4) is 22.3 Å². The summed E-state index contributed by atoms with van der Waals surface area (Å²) in [6, 6.07) is 22.0. The third-order valence-electron chi connectivity index (χ3n) is 3.30. The lowest BCUT2D eigenvalue weighted by molar-refractivity contribution is 1.55. The second-order valence-corrected chi connectivity index (χ2v) is 6.35. The van der Waals surface area contributed by atoms with Crippen molar-refractivity contribution in [2.24, 2.45) is 0 Å². The highest BCUT2D eigenvalue weighted by Gasteiger charge is 2.13. The zero-order chi connectivity index (χ0) is 14.8. The summed E-state index contributed by atoms with van der Waals surface area (Å²) in [5.74, 6) is 0. The van der Waals surface area contributed by atoms with Gasteiger partial charge in [0, 0.05) is 25.6 Å². The fourth-order valence-electron chi connectivity index (χ4n) is 2.35. The molecule has 21 heavy (non-hydrogen) atoms. The third-order valence-corrected chi connectivity index (χ3v) is 4.51. The van der Waals surface area contributed by atoms with Crippen LogP contribution in [0.5, 0.6) is 0 Å². The van der Waals surface area contributed by atoms with Gasteiger partial charge in [-0.25, -0.2) is 0 Å². The fraction of sp³-hybridized carbons (Fsp3) is 0. The van der Waals surface area contributed by atoms with Crippen LogP contribution >= 0.6 is 39.1 Å². The Morgan fingerprint density at radius 2 is 1.48 bits per heavy atom. The lowest BCUT2D eigenvalue weighted by Gasteiger charge is -2.14. The van der Waals surface area contributed by atoms with Gasteiger partial charge in [0.2, 0.25) is 0 Å². The van der Waals surface area contributed by atoms with Crippen LogP contribution in [0.3, 0.4) is 0 Å². The van der Waals surface area contributed by atoms with Crippen LogP contribution in [0.2, 0.25) is 10.0 Å². The lowest BCUT2D eigenvalue weighted by Crippen LogP contribution is -1.88. The quantitative estimate of drug-likeness (QED) is 0.447. The molecule has 0 spiro atoms. The van der Waals surface area contributed by atoms with Gasteiger partial charge in [0.25, 0.3) is 0 Å². The normalized spacial score (nSPS) is 10.6. The van der Waals surface area contributed by atoms with E-state index in [1.165, 1.54) is 0 Å². The SMILES string of the molecule is Clc1ccc(-c2c(Br)cccc2-c2ccccc2)c(Cl)c1. The van der Waals surface area contributed by atoms with Gasteiger partial charge in [-0.15, -0.1) is 0 Å². The molecule has 0 aliphatic rings. The summed E-state index contributed by atoms with van der Waals surface area (Å²) < 4.78 is 1.01. The van der Waals surface area contributed by atoms with E-state index in [1.807, 2.05) is 42.5 Å². The van der Waals surface area contributed by atoms with Gasteiger partial charge in [-0.2, -0.15) is 0 Å². The van der Waals surface area contributed by atoms with Crippen molar-refractivity contribution >= 4 is 39.1 Å². The first-order chi connectivity index (χ1) is 10.2. The van der Waals surface area contributed by atoms with Crippen LogP contribution in [-0.2, 0) is 0 Å². The number of rotatable bonds is 2. The Hall–Kier alpha value is -1.28. The van der Waals surface area contributed by atoms with Crippen LogP contribution in [0.4, 0.5) is 0 Å². The number of halogens is 3. The van der Waals surface area contributed by atoms with Crippen molar-refractivity contribution in [1.82, 2.24) is 0 Å². The average Bonchev–Trinajstić information content (AvgIpc) is 2.49. The maximum atomic E-state index is 6.39. The summed E-state index contributed by atoms with van der Waals surface area (Å²) >= 11 is 16.0. The van der Waals surface area contributed by atoms with Crippen LogP contribution < -0.4 is 0 Å². The summed E-state index contributed by atoms with van der Waals surface area (Å²) in [5, 5.41) is 1.28. The monoisotopic (exact) mass is 376 g/mol. The first kappa shape index (κ1) is 14.6. The molecular formula is C18H11BrCl2. The molecule has 0 nitrogen and oxygen atoms in total. The highest BCUT2D eigenvalue weighted by Crippen LogP contribution is 2.41. The highest BCUT2D eigenvalue weighted by atomic mass is 79.9. The van der Waals surface area contributed by atoms with Gasteiger partial charge in [0.15, 0.2) is 0 Å². The molecule has 0 saturated heterocycles. The van der Waals surface area contributed by atoms with Gasteiger partial charge < -0.3 is 0 Å². The van der Waals surface area contributed by atoms with E-state index in [0.29, 0.717) is 10.0 Å². The molecule has 0 atom stereocenters. The Morgan fingerprint density at radius 3 is 2.19 bits per heavy atom. The highest BCUT2D eigenvalue weighted by molar-refractivity contribution is 9.10. The van der Waals surface area contributed by atoms with E-state index in [-0.39, 0.29) is 0 Å². The van der Waals surface area contributed by atoms with Crippen LogP contribution in [0.25, 0.3) is 22.3 Å². The van der Waals surface area contributed by atoms with Crippen molar-refractivity contribution < 1.29 is 0 Å². The minimum atomic E-state index is 0.636. The van der Waals surface area contributed by atoms with E-state index < -0.39 is 0 Å². The van der Waals surface area contributed by atoms with Crippen LogP contribution in [0.1, 0.15) is 0 Å². The molecule has 0 bridgehead atoms. The molecule has 0 amide bonds. The molecule has 0 saturated carbocycles. The van der Waals surface area contributed by atoms with Gasteiger partial charge >= 0.3 is 0 Å². The lowest BCUT2D eigenvalue weighted by atomic mass is 9.94. The zero-order valence-corrected chi connectivity index (χ0v) is 14.1. The van der Waals surface area contributed by atoms with E-state index in [1.54, 1.807) is 6.07 Å². The van der Waals surface area contributed by atoms with E-state index in [0.717, 1.165) is 26.7 Å². The molecule has 0 aromatic heterocycles. The minimum absolute atomic E-state index is 0.636. The smallest absolute Gasteiger partial charge is 0.0499 e. The van der Waals surface area contributed by atoms with Gasteiger partial charge in [-0.1, -0.05) is 87.7 Å². The Kier molecular flexibility index (Phi) is 4.34. The second-order valence-electron chi connectivity index (χ2n) is 4.65. The van der Waals surface area contributed by atoms with Gasteiger partial charge in [0.05, 0.1) is 0 Å². The van der Waals surface area contributed by atoms with Crippen LogP contribution in [0, 0.1) is 0 Å². The molecule has 0 unspecified atom stereocenters. The first-order valence-electron chi connectivity index (χ1n) is 6.46. The van der Waals surface area contributed by atoms with Crippen molar-refractivity contribution in [1.29, 1.82) is 0 Å². The minimum Gasteiger partial charge on any atom is -0.0843 e. The predicted octanol–water partition coefficient (Wildman–Crippen LogP) is 7.09. The Bertz CT molecular complexity index is 782. The van der Waals surface area contributed by atoms with Crippen molar-refractivity contribution in [3.63, 3.8) is 0 Å². The molecule has 0 N–H and O–H groups in total. The Balaban J connectivity index is 2.27. The summed E-state index contributed by atoms with van der Waals surface area (Å²) in [6.07, 6.45) is 0. The van der Waals surface area contributed by atoms with Gasteiger partial charge in [0.1, 0.15) is 0 Å². The standard InChI is InChI=1S/C18H11BrCl2/c19-16-8-4-7-14(12-5-2-1-3-6-12)18(16)15-10-9-13(20)11-17(15)21/h1-11H. The fourth-order valence-corrected chi connectivity index (χ4v) is 3.43. The van der Waals surface area contributed by atoms with Gasteiger partial charge in [-0.3, -0.25) is 0 Å². The average molecular weight is 378 g/mol. The van der Waals surface area contributed by atoms with Gasteiger partial charge in [-0.05, 0) is 29.3 Å². The first-order valence-corrected chi connectivity index (χ1v) is 8.01. The molecule has 0 aliphatic carbocycles. The molecule has 0 fully saturated rings. The predicted molar refractivity (Wildman–Crippen MR) is 95.0 cm³/mol. The molecule has 3 aromatic carbocycles. The molecule has 104 valence electrons. The zero-order valence-electron chi connectivity index (χ0n) is 11.0. The van der Waals surface area contributed by atoms with E-state index in [4.69, 9.17) is 23.2 Å². The van der Waals surface area contributed by atoms with E-state index in [2.05, 4.69) is 34.1 Å². The van der Waals surface area contributed by atoms with Crippen molar-refractivity contribution in [2.45, 2.75) is 0 Å². The number of hydrogen-bond acceptors (Lipinski definition) is 0. The summed E-state index contributed by atoms with van der Waals surface area (Å²) in [5.41, 5.74) is 4.33. The maximum absolute atomic E-state index is 6.39. The van der Waals surface area contributed by atoms with Crippen molar-refractivity contribution in [2.75, 3.05) is 0 Å². The Labute approximate surface area is 142 Å². The van der Waals surface area contributed by atoms with Crippen LogP contribution in [-0.4, -0.2) is 0 Å². The topological polar surface area (TPSA) is 0 Å². The van der Waals surface area contributed by atoms with E-state index in [9.17, 15) is 0 Å². The second kappa shape index (κ2) is 6.23. The largest absolute Gasteiger partial charge is 0.0843 e. The molecular weight excluding hydrogens is 367 g/mol.